The molecule has 1 fully saturated rings. The fourth-order valence-electron chi connectivity index (χ4n) is 2.49. The number of hydrogen-bond acceptors (Lipinski definition) is 5. The van der Waals surface area contributed by atoms with E-state index in [1.807, 2.05) is 6.26 Å². The lowest BCUT2D eigenvalue weighted by Crippen LogP contribution is -2.51. The van der Waals surface area contributed by atoms with Crippen molar-refractivity contribution < 1.29 is 19.1 Å². The maximum atomic E-state index is 12.9. The first-order valence-electron chi connectivity index (χ1n) is 6.88. The Morgan fingerprint density at radius 1 is 1.36 bits per heavy atom. The highest BCUT2D eigenvalue weighted by atomic mass is 32.2. The smallest absolute Gasteiger partial charge is 0.233 e. The summed E-state index contributed by atoms with van der Waals surface area (Å²) in [5.74, 6) is -0.801. The van der Waals surface area contributed by atoms with Gasteiger partial charge in [0.2, 0.25) is 5.91 Å². The Balaban J connectivity index is 1.99. The fraction of sp³-hybridized carbons (Fsp3) is 0.467. The summed E-state index contributed by atoms with van der Waals surface area (Å²) >= 11 is 2.85. The van der Waals surface area contributed by atoms with E-state index in [-0.39, 0.29) is 22.7 Å². The largest absolute Gasteiger partial charge is 0.548 e. The summed E-state index contributed by atoms with van der Waals surface area (Å²) in [5, 5.41) is 11.2. The minimum Gasteiger partial charge on any atom is -0.548 e. The van der Waals surface area contributed by atoms with Crippen molar-refractivity contribution in [3.8, 4) is 0 Å². The molecule has 1 heterocycles. The molecule has 120 valence electrons. The standard InChI is InChI=1S/C15H18FNO3S2/c1-21-9-13(18)17-7-6-12(14(17)15(19)20)22-8-10-2-4-11(16)5-3-10/h2-5,12,14H,6-9H2,1H3,(H,19,20)/p-1/t12-,14-/m0/s1. The number of halogens is 1. The van der Waals surface area contributed by atoms with Gasteiger partial charge in [-0.15, -0.1) is 0 Å². The second-order valence-electron chi connectivity index (χ2n) is 5.05. The minimum atomic E-state index is -1.21. The lowest BCUT2D eigenvalue weighted by atomic mass is 10.2. The molecule has 1 aliphatic rings. The molecule has 2 atom stereocenters. The van der Waals surface area contributed by atoms with Crippen LogP contribution in [0.3, 0.4) is 0 Å². The summed E-state index contributed by atoms with van der Waals surface area (Å²) < 4.78 is 12.9. The van der Waals surface area contributed by atoms with Crippen molar-refractivity contribution in [3.63, 3.8) is 0 Å². The van der Waals surface area contributed by atoms with E-state index in [1.54, 1.807) is 12.1 Å². The molecule has 2 rings (SSSR count). The number of benzene rings is 1. The second kappa shape index (κ2) is 7.87. The van der Waals surface area contributed by atoms with Crippen LogP contribution in [0, 0.1) is 5.82 Å². The Hall–Kier alpha value is -1.21. The summed E-state index contributed by atoms with van der Waals surface area (Å²) in [6.45, 7) is 0.444. The highest BCUT2D eigenvalue weighted by Gasteiger charge is 2.37. The molecule has 0 saturated carbocycles. The lowest BCUT2D eigenvalue weighted by molar-refractivity contribution is -0.310. The second-order valence-corrected chi connectivity index (χ2v) is 7.14. The summed E-state index contributed by atoms with van der Waals surface area (Å²) in [5.41, 5.74) is 0.928. The van der Waals surface area contributed by atoms with Gasteiger partial charge in [-0.05, 0) is 30.4 Å². The van der Waals surface area contributed by atoms with Crippen molar-refractivity contribution in [2.75, 3.05) is 18.6 Å². The van der Waals surface area contributed by atoms with Gasteiger partial charge in [-0.25, -0.2) is 4.39 Å². The highest BCUT2D eigenvalue weighted by molar-refractivity contribution is 7.99. The molecule has 0 aliphatic carbocycles. The van der Waals surface area contributed by atoms with Gasteiger partial charge >= 0.3 is 0 Å². The van der Waals surface area contributed by atoms with Gasteiger partial charge in [-0.2, -0.15) is 23.5 Å². The van der Waals surface area contributed by atoms with Crippen LogP contribution < -0.4 is 5.11 Å². The quantitative estimate of drug-likeness (QED) is 0.776. The molecule has 0 aromatic heterocycles. The van der Waals surface area contributed by atoms with Gasteiger partial charge in [0.25, 0.3) is 0 Å². The zero-order chi connectivity index (χ0) is 16.1. The van der Waals surface area contributed by atoms with Gasteiger partial charge in [0.1, 0.15) is 5.82 Å². The maximum Gasteiger partial charge on any atom is 0.233 e. The topological polar surface area (TPSA) is 60.4 Å². The molecule has 7 heteroatoms. The fourth-order valence-corrected chi connectivity index (χ4v) is 4.21. The summed E-state index contributed by atoms with van der Waals surface area (Å²) in [6, 6.07) is 5.25. The molecule has 4 nitrogen and oxygen atoms in total. The number of nitrogens with zero attached hydrogens (tertiary/aromatic N) is 1. The summed E-state index contributed by atoms with van der Waals surface area (Å²) in [6.07, 6.45) is 2.44. The Bertz CT molecular complexity index is 538. The van der Waals surface area contributed by atoms with Crippen molar-refractivity contribution >= 4 is 35.4 Å². The molecule has 1 aromatic carbocycles. The zero-order valence-corrected chi connectivity index (χ0v) is 13.8. The Kier molecular flexibility index (Phi) is 6.14. The van der Waals surface area contributed by atoms with E-state index in [9.17, 15) is 19.1 Å². The van der Waals surface area contributed by atoms with Crippen LogP contribution in [0.15, 0.2) is 24.3 Å². The Morgan fingerprint density at radius 3 is 2.64 bits per heavy atom. The first-order chi connectivity index (χ1) is 10.5. The lowest BCUT2D eigenvalue weighted by Gasteiger charge is -2.28. The van der Waals surface area contributed by atoms with Gasteiger partial charge in [0, 0.05) is 17.5 Å². The van der Waals surface area contributed by atoms with Crippen molar-refractivity contribution in [1.82, 2.24) is 4.90 Å². The van der Waals surface area contributed by atoms with E-state index in [2.05, 4.69) is 0 Å². The molecular weight excluding hydrogens is 325 g/mol. The predicted molar refractivity (Wildman–Crippen MR) is 85.0 cm³/mol. The van der Waals surface area contributed by atoms with Crippen LogP contribution in [-0.2, 0) is 15.3 Å². The molecule has 0 spiro atoms. The van der Waals surface area contributed by atoms with E-state index in [1.165, 1.54) is 40.6 Å². The minimum absolute atomic E-state index is 0.161. The number of rotatable bonds is 6. The summed E-state index contributed by atoms with van der Waals surface area (Å²) in [7, 11) is 0. The molecule has 22 heavy (non-hydrogen) atoms. The average Bonchev–Trinajstić information content (AvgIpc) is 2.91. The van der Waals surface area contributed by atoms with Gasteiger partial charge in [0.05, 0.1) is 17.8 Å². The third-order valence-corrected chi connectivity index (χ3v) is 5.51. The first-order valence-corrected chi connectivity index (χ1v) is 9.32. The molecule has 0 unspecified atom stereocenters. The van der Waals surface area contributed by atoms with E-state index < -0.39 is 12.0 Å². The van der Waals surface area contributed by atoms with Crippen LogP contribution in [0.4, 0.5) is 4.39 Å². The monoisotopic (exact) mass is 342 g/mol. The van der Waals surface area contributed by atoms with Crippen LogP contribution in [-0.4, -0.2) is 46.6 Å². The zero-order valence-electron chi connectivity index (χ0n) is 12.2. The van der Waals surface area contributed by atoms with Crippen LogP contribution >= 0.6 is 23.5 Å². The molecular formula is C15H17FNO3S2-. The number of amides is 1. The molecule has 1 aromatic rings. The first kappa shape index (κ1) is 17.1. The SMILES string of the molecule is CSCC(=O)N1CC[C@H](SCc2ccc(F)cc2)[C@H]1C(=O)[O-]. The van der Waals surface area contributed by atoms with E-state index in [4.69, 9.17) is 0 Å². The number of likely N-dealkylation sites (tertiary alicyclic amines) is 1. The number of carbonyl (C=O) groups excluding carboxylic acids is 2. The molecule has 1 aliphatic heterocycles. The highest BCUT2D eigenvalue weighted by Crippen LogP contribution is 2.31. The predicted octanol–water partition coefficient (Wildman–Crippen LogP) is 1.14. The Morgan fingerprint density at radius 2 is 2.05 bits per heavy atom. The third kappa shape index (κ3) is 4.16. The van der Waals surface area contributed by atoms with Gasteiger partial charge in [-0.3, -0.25) is 4.79 Å². The normalized spacial score (nSPS) is 21.1. The summed E-state index contributed by atoms with van der Waals surface area (Å²) in [4.78, 5) is 24.8. The molecule has 1 amide bonds. The van der Waals surface area contributed by atoms with Crippen LogP contribution in [0.1, 0.15) is 12.0 Å². The van der Waals surface area contributed by atoms with E-state index >= 15 is 0 Å². The number of aliphatic carboxylic acids is 1. The molecule has 0 N–H and O–H groups in total. The molecule has 1 saturated heterocycles. The van der Waals surface area contributed by atoms with Gasteiger partial charge in [0.15, 0.2) is 0 Å². The van der Waals surface area contributed by atoms with Crippen molar-refractivity contribution in [1.29, 1.82) is 0 Å². The number of carbonyl (C=O) groups is 2. The third-order valence-electron chi connectivity index (χ3n) is 3.55. The van der Waals surface area contributed by atoms with Crippen LogP contribution in [0.2, 0.25) is 0 Å². The number of thioether (sulfide) groups is 2. The van der Waals surface area contributed by atoms with Gasteiger partial charge < -0.3 is 14.8 Å². The number of carboxylic acids is 1. The van der Waals surface area contributed by atoms with Crippen molar-refractivity contribution in [2.45, 2.75) is 23.5 Å². The van der Waals surface area contributed by atoms with Crippen LogP contribution in [0.25, 0.3) is 0 Å². The maximum absolute atomic E-state index is 12.9. The number of carboxylic acid groups (broad SMARTS) is 1. The van der Waals surface area contributed by atoms with Gasteiger partial charge in [-0.1, -0.05) is 12.1 Å². The van der Waals surface area contributed by atoms with E-state index in [0.717, 1.165) is 5.56 Å². The number of hydrogen-bond donors (Lipinski definition) is 0. The van der Waals surface area contributed by atoms with Crippen molar-refractivity contribution in [2.24, 2.45) is 0 Å². The van der Waals surface area contributed by atoms with E-state index in [0.29, 0.717) is 18.7 Å². The average molecular weight is 342 g/mol. The van der Waals surface area contributed by atoms with Crippen molar-refractivity contribution in [3.05, 3.63) is 35.6 Å². The molecule has 0 radical (unpaired) electrons. The molecule has 0 bridgehead atoms. The van der Waals surface area contributed by atoms with Crippen LogP contribution in [0.5, 0.6) is 0 Å². The Labute approximate surface area is 137 Å².